The zero-order valence-electron chi connectivity index (χ0n) is 10.2. The van der Waals surface area contributed by atoms with E-state index >= 15 is 0 Å². The second kappa shape index (κ2) is 5.19. The molecule has 0 saturated carbocycles. The average Bonchev–Trinajstić information content (AvgIpc) is 2.98. The highest BCUT2D eigenvalue weighted by atomic mass is 35.5. The lowest BCUT2D eigenvalue weighted by molar-refractivity contribution is -0.0106. The molecule has 2 aliphatic rings. The molecule has 1 aromatic heterocycles. The fourth-order valence-electron chi connectivity index (χ4n) is 2.59. The molecule has 1 aromatic rings. The van der Waals surface area contributed by atoms with Gasteiger partial charge in [-0.15, -0.1) is 22.9 Å². The molecular weight excluding hydrogens is 270 g/mol. The molecule has 98 valence electrons. The SMILES string of the molecule is O=C(c1cc2c(s1)CCC2)N1CCOC(CCl)C1. The smallest absolute Gasteiger partial charge is 0.264 e. The molecule has 18 heavy (non-hydrogen) atoms. The van der Waals surface area contributed by atoms with Gasteiger partial charge in [0.1, 0.15) is 0 Å². The van der Waals surface area contributed by atoms with Crippen LogP contribution in [0.2, 0.25) is 0 Å². The van der Waals surface area contributed by atoms with Gasteiger partial charge in [-0.05, 0) is 30.9 Å². The summed E-state index contributed by atoms with van der Waals surface area (Å²) in [6.07, 6.45) is 3.49. The topological polar surface area (TPSA) is 29.5 Å². The fraction of sp³-hybridized carbons (Fsp3) is 0.615. The molecule has 0 bridgehead atoms. The minimum atomic E-state index is -0.0174. The number of ether oxygens (including phenoxy) is 1. The van der Waals surface area contributed by atoms with E-state index in [1.807, 2.05) is 4.90 Å². The monoisotopic (exact) mass is 285 g/mol. The molecule has 1 saturated heterocycles. The minimum Gasteiger partial charge on any atom is -0.373 e. The lowest BCUT2D eigenvalue weighted by atomic mass is 10.2. The van der Waals surface area contributed by atoms with E-state index in [-0.39, 0.29) is 12.0 Å². The second-order valence-corrected chi connectivity index (χ2v) is 6.26. The summed E-state index contributed by atoms with van der Waals surface area (Å²) in [4.78, 5) is 16.6. The van der Waals surface area contributed by atoms with Crippen LogP contribution < -0.4 is 0 Å². The number of thiophene rings is 1. The number of carbonyl (C=O) groups excluding carboxylic acids is 1. The average molecular weight is 286 g/mol. The molecule has 1 atom stereocenters. The number of alkyl halides is 1. The first-order valence-electron chi connectivity index (χ1n) is 6.36. The molecule has 0 radical (unpaired) electrons. The highest BCUT2D eigenvalue weighted by Crippen LogP contribution is 2.31. The molecule has 0 aromatic carbocycles. The quantitative estimate of drug-likeness (QED) is 0.781. The number of aryl methyl sites for hydroxylation is 2. The van der Waals surface area contributed by atoms with Crippen LogP contribution >= 0.6 is 22.9 Å². The summed E-state index contributed by atoms with van der Waals surface area (Å²) in [6.45, 7) is 1.88. The van der Waals surface area contributed by atoms with Crippen LogP contribution in [0, 0.1) is 0 Å². The number of morpholine rings is 1. The Labute approximate surface area is 116 Å². The maximum Gasteiger partial charge on any atom is 0.264 e. The third kappa shape index (κ3) is 2.29. The van der Waals surface area contributed by atoms with E-state index < -0.39 is 0 Å². The van der Waals surface area contributed by atoms with Crippen LogP contribution in [0.25, 0.3) is 0 Å². The minimum absolute atomic E-state index is 0.0174. The number of amides is 1. The second-order valence-electron chi connectivity index (χ2n) is 4.81. The van der Waals surface area contributed by atoms with Crippen molar-refractivity contribution in [2.75, 3.05) is 25.6 Å². The highest BCUT2D eigenvalue weighted by Gasteiger charge is 2.27. The molecular formula is C13H16ClNO2S. The van der Waals surface area contributed by atoms with Gasteiger partial charge < -0.3 is 9.64 Å². The Kier molecular flexibility index (Phi) is 3.59. The number of rotatable bonds is 2. The third-order valence-corrected chi connectivity index (χ3v) is 5.12. The van der Waals surface area contributed by atoms with Crippen LogP contribution in [0.1, 0.15) is 26.5 Å². The van der Waals surface area contributed by atoms with Crippen LogP contribution in [-0.2, 0) is 17.6 Å². The van der Waals surface area contributed by atoms with Gasteiger partial charge in [-0.2, -0.15) is 0 Å². The maximum absolute atomic E-state index is 12.4. The normalized spacial score (nSPS) is 23.2. The van der Waals surface area contributed by atoms with E-state index in [1.54, 1.807) is 11.3 Å². The largest absolute Gasteiger partial charge is 0.373 e. The molecule has 1 aliphatic heterocycles. The van der Waals surface area contributed by atoms with Crippen molar-refractivity contribution in [2.45, 2.75) is 25.4 Å². The molecule has 0 spiro atoms. The molecule has 1 fully saturated rings. The van der Waals surface area contributed by atoms with Gasteiger partial charge in [0, 0.05) is 18.0 Å². The Morgan fingerprint density at radius 2 is 2.44 bits per heavy atom. The Hall–Kier alpha value is -0.580. The standard InChI is InChI=1S/C13H16ClNO2S/c14-7-10-8-15(4-5-17-10)13(16)12-6-9-2-1-3-11(9)18-12/h6,10H,1-5,7-8H2. The highest BCUT2D eigenvalue weighted by molar-refractivity contribution is 7.14. The van der Waals surface area contributed by atoms with Gasteiger partial charge in [0.25, 0.3) is 5.91 Å². The Morgan fingerprint density at radius 1 is 1.56 bits per heavy atom. The van der Waals surface area contributed by atoms with E-state index in [2.05, 4.69) is 6.07 Å². The summed E-state index contributed by atoms with van der Waals surface area (Å²) >= 11 is 7.46. The summed E-state index contributed by atoms with van der Waals surface area (Å²) < 4.78 is 5.48. The third-order valence-electron chi connectivity index (χ3n) is 3.56. The van der Waals surface area contributed by atoms with Crippen molar-refractivity contribution in [3.05, 3.63) is 21.4 Å². The van der Waals surface area contributed by atoms with Crippen molar-refractivity contribution in [1.82, 2.24) is 4.90 Å². The van der Waals surface area contributed by atoms with Crippen LogP contribution in [-0.4, -0.2) is 42.5 Å². The van der Waals surface area contributed by atoms with E-state index in [1.165, 1.54) is 16.9 Å². The zero-order valence-corrected chi connectivity index (χ0v) is 11.7. The molecule has 0 N–H and O–H groups in total. The molecule has 2 heterocycles. The predicted octanol–water partition coefficient (Wildman–Crippen LogP) is 2.32. The van der Waals surface area contributed by atoms with Gasteiger partial charge in [0.05, 0.1) is 23.5 Å². The van der Waals surface area contributed by atoms with Gasteiger partial charge in [0.15, 0.2) is 0 Å². The fourth-order valence-corrected chi connectivity index (χ4v) is 4.00. The van der Waals surface area contributed by atoms with Crippen LogP contribution in [0.5, 0.6) is 0 Å². The molecule has 3 rings (SSSR count). The number of hydrogen-bond acceptors (Lipinski definition) is 3. The first kappa shape index (κ1) is 12.5. The molecule has 3 nitrogen and oxygen atoms in total. The Morgan fingerprint density at radius 3 is 3.22 bits per heavy atom. The molecule has 1 amide bonds. The van der Waals surface area contributed by atoms with Crippen molar-refractivity contribution in [3.63, 3.8) is 0 Å². The van der Waals surface area contributed by atoms with Gasteiger partial charge in [-0.1, -0.05) is 0 Å². The first-order valence-corrected chi connectivity index (χ1v) is 7.71. The molecule has 1 aliphatic carbocycles. The number of carbonyl (C=O) groups is 1. The van der Waals surface area contributed by atoms with Gasteiger partial charge in [0.2, 0.25) is 0 Å². The summed E-state index contributed by atoms with van der Waals surface area (Å²) in [6, 6.07) is 2.08. The van der Waals surface area contributed by atoms with Gasteiger partial charge in [-0.3, -0.25) is 4.79 Å². The summed E-state index contributed by atoms with van der Waals surface area (Å²) in [7, 11) is 0. The summed E-state index contributed by atoms with van der Waals surface area (Å²) in [5.74, 6) is 0.595. The van der Waals surface area contributed by atoms with Crippen LogP contribution in [0.3, 0.4) is 0 Å². The van der Waals surface area contributed by atoms with E-state index in [0.29, 0.717) is 25.6 Å². The van der Waals surface area contributed by atoms with Gasteiger partial charge >= 0.3 is 0 Å². The zero-order chi connectivity index (χ0) is 12.5. The Balaban J connectivity index is 1.73. The summed E-state index contributed by atoms with van der Waals surface area (Å²) in [5, 5.41) is 0. The van der Waals surface area contributed by atoms with Crippen molar-refractivity contribution in [1.29, 1.82) is 0 Å². The Bertz CT molecular complexity index is 438. The summed E-state index contributed by atoms with van der Waals surface area (Å²) in [5.41, 5.74) is 1.38. The lowest BCUT2D eigenvalue weighted by Crippen LogP contribution is -2.46. The van der Waals surface area contributed by atoms with Crippen LogP contribution in [0.4, 0.5) is 0 Å². The number of fused-ring (bicyclic) bond motifs is 1. The molecule has 5 heteroatoms. The van der Waals surface area contributed by atoms with Crippen molar-refractivity contribution < 1.29 is 9.53 Å². The first-order chi connectivity index (χ1) is 8.78. The van der Waals surface area contributed by atoms with Crippen molar-refractivity contribution in [2.24, 2.45) is 0 Å². The van der Waals surface area contributed by atoms with Crippen molar-refractivity contribution >= 4 is 28.8 Å². The van der Waals surface area contributed by atoms with Crippen LogP contribution in [0.15, 0.2) is 6.07 Å². The predicted molar refractivity (Wildman–Crippen MR) is 72.7 cm³/mol. The van der Waals surface area contributed by atoms with Gasteiger partial charge in [-0.25, -0.2) is 0 Å². The number of halogens is 1. The van der Waals surface area contributed by atoms with E-state index in [9.17, 15) is 4.79 Å². The maximum atomic E-state index is 12.4. The van der Waals surface area contributed by atoms with E-state index in [4.69, 9.17) is 16.3 Å². The number of nitrogens with zero attached hydrogens (tertiary/aromatic N) is 1. The van der Waals surface area contributed by atoms with E-state index in [0.717, 1.165) is 17.7 Å². The lowest BCUT2D eigenvalue weighted by Gasteiger charge is -2.31. The van der Waals surface area contributed by atoms with Crippen molar-refractivity contribution in [3.8, 4) is 0 Å². The number of hydrogen-bond donors (Lipinski definition) is 0. The molecule has 1 unspecified atom stereocenters.